The first-order valence-electron chi connectivity index (χ1n) is 7.90. The van der Waals surface area contributed by atoms with E-state index >= 15 is 0 Å². The lowest BCUT2D eigenvalue weighted by Crippen LogP contribution is -2.28. The molecule has 1 aliphatic rings. The number of nitrogens with zero attached hydrogens (tertiary/aromatic N) is 3. The molecule has 1 saturated heterocycles. The molecule has 1 fully saturated rings. The lowest BCUT2D eigenvalue weighted by atomic mass is 10.1. The standard InChI is InChI=1S/C16H17N5O3S2/c1-17-12(22)9-25-16-20-19-15(26-16)18-14(24)10-7-13(23)21(8-10)11-5-3-2-4-6-11/h2-6,10H,7-9H2,1H3,(H,17,22)(H,18,19,24)/t10-/m0/s1. The van der Waals surface area contributed by atoms with Crippen molar-refractivity contribution in [2.24, 2.45) is 5.92 Å². The van der Waals surface area contributed by atoms with Crippen LogP contribution in [0.15, 0.2) is 34.7 Å². The maximum Gasteiger partial charge on any atom is 0.231 e. The second-order valence-electron chi connectivity index (χ2n) is 5.57. The van der Waals surface area contributed by atoms with E-state index in [0.717, 1.165) is 5.69 Å². The number of thioether (sulfide) groups is 1. The van der Waals surface area contributed by atoms with E-state index in [1.54, 1.807) is 11.9 Å². The number of nitrogens with one attached hydrogen (secondary N) is 2. The molecular formula is C16H17N5O3S2. The van der Waals surface area contributed by atoms with Crippen molar-refractivity contribution in [1.82, 2.24) is 15.5 Å². The van der Waals surface area contributed by atoms with E-state index in [4.69, 9.17) is 0 Å². The van der Waals surface area contributed by atoms with Crippen LogP contribution in [-0.2, 0) is 14.4 Å². The molecule has 2 aromatic rings. The molecule has 3 amide bonds. The Hall–Kier alpha value is -2.46. The van der Waals surface area contributed by atoms with Crippen LogP contribution >= 0.6 is 23.1 Å². The molecule has 0 saturated carbocycles. The van der Waals surface area contributed by atoms with Crippen LogP contribution in [0.2, 0.25) is 0 Å². The van der Waals surface area contributed by atoms with Crippen LogP contribution in [0.1, 0.15) is 6.42 Å². The number of para-hydroxylation sites is 1. The maximum atomic E-state index is 12.4. The SMILES string of the molecule is CNC(=O)CSc1nnc(NC(=O)[C@H]2CC(=O)N(c3ccccc3)C2)s1. The Labute approximate surface area is 158 Å². The summed E-state index contributed by atoms with van der Waals surface area (Å²) < 4.78 is 0.595. The number of benzene rings is 1. The van der Waals surface area contributed by atoms with Crippen LogP contribution in [-0.4, -0.2) is 47.3 Å². The lowest BCUT2D eigenvalue weighted by Gasteiger charge is -2.16. The molecule has 2 heterocycles. The van der Waals surface area contributed by atoms with Gasteiger partial charge in [0.2, 0.25) is 22.9 Å². The summed E-state index contributed by atoms with van der Waals surface area (Å²) in [7, 11) is 1.57. The molecule has 0 bridgehead atoms. The predicted molar refractivity (Wildman–Crippen MR) is 100 cm³/mol. The van der Waals surface area contributed by atoms with E-state index in [1.807, 2.05) is 30.3 Å². The molecule has 0 spiro atoms. The van der Waals surface area contributed by atoms with Gasteiger partial charge in [-0.2, -0.15) is 0 Å². The number of amides is 3. The van der Waals surface area contributed by atoms with Gasteiger partial charge in [-0.05, 0) is 12.1 Å². The average molecular weight is 391 g/mol. The zero-order valence-corrected chi connectivity index (χ0v) is 15.6. The molecule has 26 heavy (non-hydrogen) atoms. The van der Waals surface area contributed by atoms with Gasteiger partial charge in [-0.15, -0.1) is 10.2 Å². The van der Waals surface area contributed by atoms with Gasteiger partial charge < -0.3 is 15.5 Å². The molecule has 0 radical (unpaired) electrons. The summed E-state index contributed by atoms with van der Waals surface area (Å²) in [5.41, 5.74) is 0.789. The highest BCUT2D eigenvalue weighted by Gasteiger charge is 2.35. The van der Waals surface area contributed by atoms with Gasteiger partial charge in [-0.1, -0.05) is 41.3 Å². The minimum Gasteiger partial charge on any atom is -0.358 e. The van der Waals surface area contributed by atoms with Crippen molar-refractivity contribution in [2.45, 2.75) is 10.8 Å². The van der Waals surface area contributed by atoms with Gasteiger partial charge >= 0.3 is 0 Å². The van der Waals surface area contributed by atoms with E-state index in [1.165, 1.54) is 23.1 Å². The van der Waals surface area contributed by atoms with Crippen molar-refractivity contribution >= 4 is 51.6 Å². The first-order valence-corrected chi connectivity index (χ1v) is 9.70. The predicted octanol–water partition coefficient (Wildman–Crippen LogP) is 1.37. The van der Waals surface area contributed by atoms with Gasteiger partial charge in [-0.25, -0.2) is 0 Å². The molecule has 2 N–H and O–H groups in total. The quantitative estimate of drug-likeness (QED) is 0.569. The molecule has 0 aliphatic carbocycles. The third kappa shape index (κ3) is 4.38. The zero-order valence-electron chi connectivity index (χ0n) is 14.0. The van der Waals surface area contributed by atoms with Crippen molar-refractivity contribution in [1.29, 1.82) is 0 Å². The summed E-state index contributed by atoms with van der Waals surface area (Å²) in [5.74, 6) is -0.636. The van der Waals surface area contributed by atoms with Crippen molar-refractivity contribution in [2.75, 3.05) is 29.6 Å². The number of carbonyl (C=O) groups excluding carboxylic acids is 3. The summed E-state index contributed by atoms with van der Waals surface area (Å²) in [5, 5.41) is 13.4. The number of aromatic nitrogens is 2. The highest BCUT2D eigenvalue weighted by atomic mass is 32.2. The Kier molecular flexibility index (Phi) is 5.84. The molecule has 8 nitrogen and oxygen atoms in total. The smallest absolute Gasteiger partial charge is 0.231 e. The van der Waals surface area contributed by atoms with Crippen LogP contribution in [0.3, 0.4) is 0 Å². The number of hydrogen-bond acceptors (Lipinski definition) is 7. The topological polar surface area (TPSA) is 104 Å². The van der Waals surface area contributed by atoms with E-state index in [0.29, 0.717) is 16.0 Å². The first-order chi connectivity index (χ1) is 12.6. The Balaban J connectivity index is 1.56. The molecule has 1 aromatic carbocycles. The van der Waals surface area contributed by atoms with Gasteiger partial charge in [0.1, 0.15) is 0 Å². The number of carbonyl (C=O) groups is 3. The third-order valence-electron chi connectivity index (χ3n) is 3.81. The van der Waals surface area contributed by atoms with Crippen LogP contribution in [0.5, 0.6) is 0 Å². The number of anilines is 2. The number of rotatable bonds is 6. The molecule has 136 valence electrons. The Morgan fingerprint density at radius 1 is 1.31 bits per heavy atom. The summed E-state index contributed by atoms with van der Waals surface area (Å²) in [6.45, 7) is 0.339. The molecule has 10 heteroatoms. The normalized spacial score (nSPS) is 16.6. The third-order valence-corrected chi connectivity index (χ3v) is 5.78. The summed E-state index contributed by atoms with van der Waals surface area (Å²) in [6.07, 6.45) is 0.164. The largest absolute Gasteiger partial charge is 0.358 e. The second-order valence-corrected chi connectivity index (χ2v) is 7.77. The fourth-order valence-electron chi connectivity index (χ4n) is 2.47. The fourth-order valence-corrected chi connectivity index (χ4v) is 4.09. The van der Waals surface area contributed by atoms with Gasteiger partial charge in [-0.3, -0.25) is 14.4 Å². The molecule has 3 rings (SSSR count). The van der Waals surface area contributed by atoms with E-state index < -0.39 is 5.92 Å². The fraction of sp³-hybridized carbons (Fsp3) is 0.312. The monoisotopic (exact) mass is 391 g/mol. The second kappa shape index (κ2) is 8.28. The highest BCUT2D eigenvalue weighted by molar-refractivity contribution is 8.01. The van der Waals surface area contributed by atoms with Crippen LogP contribution < -0.4 is 15.5 Å². The summed E-state index contributed by atoms with van der Waals surface area (Å²) in [6, 6.07) is 9.28. The molecular weight excluding hydrogens is 374 g/mol. The Morgan fingerprint density at radius 2 is 2.08 bits per heavy atom. The molecule has 0 unspecified atom stereocenters. The van der Waals surface area contributed by atoms with E-state index in [2.05, 4.69) is 20.8 Å². The first kappa shape index (κ1) is 18.3. The van der Waals surface area contributed by atoms with Crippen molar-refractivity contribution in [3.8, 4) is 0 Å². The summed E-state index contributed by atoms with van der Waals surface area (Å²) >= 11 is 2.45. The van der Waals surface area contributed by atoms with Gasteiger partial charge in [0.15, 0.2) is 4.34 Å². The summed E-state index contributed by atoms with van der Waals surface area (Å²) in [4.78, 5) is 37.5. The van der Waals surface area contributed by atoms with E-state index in [9.17, 15) is 14.4 Å². The van der Waals surface area contributed by atoms with Gasteiger partial charge in [0, 0.05) is 25.7 Å². The van der Waals surface area contributed by atoms with Crippen molar-refractivity contribution < 1.29 is 14.4 Å². The van der Waals surface area contributed by atoms with Crippen molar-refractivity contribution in [3.63, 3.8) is 0 Å². The average Bonchev–Trinajstić information content (AvgIpc) is 3.26. The lowest BCUT2D eigenvalue weighted by molar-refractivity contribution is -0.122. The van der Waals surface area contributed by atoms with Crippen LogP contribution in [0.25, 0.3) is 0 Å². The maximum absolute atomic E-state index is 12.4. The van der Waals surface area contributed by atoms with Crippen molar-refractivity contribution in [3.05, 3.63) is 30.3 Å². The Morgan fingerprint density at radius 3 is 2.81 bits per heavy atom. The van der Waals surface area contributed by atoms with Gasteiger partial charge in [0.25, 0.3) is 0 Å². The molecule has 1 aliphatic heterocycles. The minimum absolute atomic E-state index is 0.0737. The molecule has 1 atom stereocenters. The number of hydrogen-bond donors (Lipinski definition) is 2. The minimum atomic E-state index is -0.437. The van der Waals surface area contributed by atoms with Crippen LogP contribution in [0.4, 0.5) is 10.8 Å². The van der Waals surface area contributed by atoms with E-state index in [-0.39, 0.29) is 29.9 Å². The molecule has 1 aromatic heterocycles. The highest BCUT2D eigenvalue weighted by Crippen LogP contribution is 2.28. The Bertz CT molecular complexity index is 811. The zero-order chi connectivity index (χ0) is 18.5. The van der Waals surface area contributed by atoms with Crippen LogP contribution in [0, 0.1) is 5.92 Å². The van der Waals surface area contributed by atoms with Gasteiger partial charge in [0.05, 0.1) is 11.7 Å².